The quantitative estimate of drug-likeness (QED) is 0.844. The number of nitrogens with one attached hydrogen (secondary N) is 1. The van der Waals surface area contributed by atoms with Crippen molar-refractivity contribution < 1.29 is 13.9 Å². The van der Waals surface area contributed by atoms with E-state index in [1.54, 1.807) is 6.07 Å². The normalized spacial score (nSPS) is 22.1. The van der Waals surface area contributed by atoms with E-state index in [0.717, 1.165) is 30.4 Å². The molecule has 1 N–H and O–H groups in total. The Hall–Kier alpha value is -1.58. The van der Waals surface area contributed by atoms with Crippen LogP contribution in [0.4, 0.5) is 10.1 Å². The van der Waals surface area contributed by atoms with Crippen molar-refractivity contribution in [1.29, 1.82) is 0 Å². The van der Waals surface area contributed by atoms with E-state index < -0.39 is 11.8 Å². The summed E-state index contributed by atoms with van der Waals surface area (Å²) in [6, 6.07) is 4.93. The van der Waals surface area contributed by atoms with E-state index >= 15 is 0 Å². The second-order valence-corrected chi connectivity index (χ2v) is 6.19. The summed E-state index contributed by atoms with van der Waals surface area (Å²) < 4.78 is 18.2. The van der Waals surface area contributed by atoms with Gasteiger partial charge in [0.1, 0.15) is 5.82 Å². The van der Waals surface area contributed by atoms with E-state index in [1.807, 2.05) is 0 Å². The van der Waals surface area contributed by atoms with Crippen LogP contribution < -0.4 is 5.32 Å². The summed E-state index contributed by atoms with van der Waals surface area (Å²) in [5.74, 6) is 0.361. The zero-order chi connectivity index (χ0) is 15.4. The summed E-state index contributed by atoms with van der Waals surface area (Å²) in [7, 11) is 1.26. The standard InChI is InChI=1S/C17H24FNO2/c1-11(2)12-4-6-13(7-5-12)19-14-8-9-16(18)15(10-14)17(20)21-3/h8-13,19H,4-7H2,1-3H3. The summed E-state index contributed by atoms with van der Waals surface area (Å²) in [5.41, 5.74) is 0.767. The molecule has 0 aromatic heterocycles. The first-order valence-electron chi connectivity index (χ1n) is 7.65. The van der Waals surface area contributed by atoms with Gasteiger partial charge in [-0.05, 0) is 55.7 Å². The molecule has 4 heteroatoms. The lowest BCUT2D eigenvalue weighted by atomic mass is 9.79. The van der Waals surface area contributed by atoms with Gasteiger partial charge in [0.25, 0.3) is 0 Å². The molecule has 0 spiro atoms. The topological polar surface area (TPSA) is 38.3 Å². The number of halogens is 1. The van der Waals surface area contributed by atoms with E-state index in [1.165, 1.54) is 32.1 Å². The lowest BCUT2D eigenvalue weighted by Crippen LogP contribution is -2.28. The van der Waals surface area contributed by atoms with Gasteiger partial charge in [-0.25, -0.2) is 9.18 Å². The number of carbonyl (C=O) groups is 1. The van der Waals surface area contributed by atoms with Crippen LogP contribution in [0.1, 0.15) is 49.9 Å². The van der Waals surface area contributed by atoms with Crippen molar-refractivity contribution in [3.63, 3.8) is 0 Å². The first-order valence-corrected chi connectivity index (χ1v) is 7.65. The van der Waals surface area contributed by atoms with Gasteiger partial charge in [0, 0.05) is 11.7 Å². The van der Waals surface area contributed by atoms with Gasteiger partial charge < -0.3 is 10.1 Å². The summed E-state index contributed by atoms with van der Waals surface area (Å²) in [5, 5.41) is 3.41. The lowest BCUT2D eigenvalue weighted by Gasteiger charge is -2.31. The average molecular weight is 293 g/mol. The molecular weight excluding hydrogens is 269 g/mol. The Labute approximate surface area is 125 Å². The highest BCUT2D eigenvalue weighted by molar-refractivity contribution is 5.90. The van der Waals surface area contributed by atoms with Crippen molar-refractivity contribution >= 4 is 11.7 Å². The third-order valence-electron chi connectivity index (χ3n) is 4.46. The number of carbonyl (C=O) groups excluding carboxylic acids is 1. The maximum absolute atomic E-state index is 13.6. The van der Waals surface area contributed by atoms with E-state index in [2.05, 4.69) is 23.9 Å². The fourth-order valence-electron chi connectivity index (χ4n) is 3.05. The second kappa shape index (κ2) is 6.92. The van der Waals surface area contributed by atoms with Crippen LogP contribution in [0.5, 0.6) is 0 Å². The van der Waals surface area contributed by atoms with Crippen molar-refractivity contribution in [2.75, 3.05) is 12.4 Å². The van der Waals surface area contributed by atoms with Gasteiger partial charge in [0.2, 0.25) is 0 Å². The van der Waals surface area contributed by atoms with Crippen molar-refractivity contribution in [3.05, 3.63) is 29.6 Å². The highest BCUT2D eigenvalue weighted by Crippen LogP contribution is 2.31. The zero-order valence-corrected chi connectivity index (χ0v) is 13.0. The molecule has 0 bridgehead atoms. The number of esters is 1. The Kier molecular flexibility index (Phi) is 5.21. The van der Waals surface area contributed by atoms with Gasteiger partial charge >= 0.3 is 5.97 Å². The number of methoxy groups -OCH3 is 1. The van der Waals surface area contributed by atoms with Crippen LogP contribution >= 0.6 is 0 Å². The molecule has 0 unspecified atom stereocenters. The first kappa shape index (κ1) is 15.8. The lowest BCUT2D eigenvalue weighted by molar-refractivity contribution is 0.0595. The Morgan fingerprint density at radius 2 is 1.95 bits per heavy atom. The zero-order valence-electron chi connectivity index (χ0n) is 13.0. The maximum atomic E-state index is 13.6. The van der Waals surface area contributed by atoms with Crippen molar-refractivity contribution in [1.82, 2.24) is 0 Å². The minimum Gasteiger partial charge on any atom is -0.465 e. The molecule has 0 radical (unpaired) electrons. The highest BCUT2D eigenvalue weighted by Gasteiger charge is 2.23. The maximum Gasteiger partial charge on any atom is 0.340 e. The predicted octanol–water partition coefficient (Wildman–Crippen LogP) is 4.24. The third-order valence-corrected chi connectivity index (χ3v) is 4.46. The highest BCUT2D eigenvalue weighted by atomic mass is 19.1. The number of ether oxygens (including phenoxy) is 1. The van der Waals surface area contributed by atoms with E-state index in [9.17, 15) is 9.18 Å². The first-order chi connectivity index (χ1) is 10.0. The van der Waals surface area contributed by atoms with Crippen molar-refractivity contribution in [3.8, 4) is 0 Å². The number of anilines is 1. The summed E-state index contributed by atoms with van der Waals surface area (Å²) in [6.07, 6.45) is 4.68. The van der Waals surface area contributed by atoms with Crippen LogP contribution in [-0.2, 0) is 4.74 Å². The minimum absolute atomic E-state index is 0.0154. The SMILES string of the molecule is COC(=O)c1cc(NC2CCC(C(C)C)CC2)ccc1F. The predicted molar refractivity (Wildman–Crippen MR) is 81.9 cm³/mol. The van der Waals surface area contributed by atoms with Gasteiger partial charge in [-0.1, -0.05) is 13.8 Å². The Morgan fingerprint density at radius 1 is 1.29 bits per heavy atom. The van der Waals surface area contributed by atoms with Gasteiger partial charge in [0.15, 0.2) is 0 Å². The van der Waals surface area contributed by atoms with Gasteiger partial charge in [0.05, 0.1) is 12.7 Å². The summed E-state index contributed by atoms with van der Waals surface area (Å²) in [4.78, 5) is 11.5. The molecule has 0 atom stereocenters. The number of hydrogen-bond donors (Lipinski definition) is 1. The fraction of sp³-hybridized carbons (Fsp3) is 0.588. The molecule has 1 aromatic carbocycles. The van der Waals surface area contributed by atoms with Crippen LogP contribution in [0.15, 0.2) is 18.2 Å². The smallest absolute Gasteiger partial charge is 0.340 e. The number of rotatable bonds is 4. The van der Waals surface area contributed by atoms with E-state index in [0.29, 0.717) is 6.04 Å². The molecule has 0 amide bonds. The van der Waals surface area contributed by atoms with Crippen LogP contribution in [-0.4, -0.2) is 19.1 Å². The Morgan fingerprint density at radius 3 is 2.52 bits per heavy atom. The van der Waals surface area contributed by atoms with E-state index in [4.69, 9.17) is 0 Å². The number of hydrogen-bond acceptors (Lipinski definition) is 3. The molecule has 3 nitrogen and oxygen atoms in total. The van der Waals surface area contributed by atoms with Gasteiger partial charge in [-0.15, -0.1) is 0 Å². The molecule has 116 valence electrons. The molecule has 0 heterocycles. The van der Waals surface area contributed by atoms with Crippen molar-refractivity contribution in [2.45, 2.75) is 45.6 Å². The molecule has 1 aromatic rings. The monoisotopic (exact) mass is 293 g/mol. The van der Waals surface area contributed by atoms with Crippen LogP contribution in [0.25, 0.3) is 0 Å². The average Bonchev–Trinajstić information content (AvgIpc) is 2.49. The summed E-state index contributed by atoms with van der Waals surface area (Å²) in [6.45, 7) is 4.56. The van der Waals surface area contributed by atoms with Crippen LogP contribution in [0, 0.1) is 17.7 Å². The van der Waals surface area contributed by atoms with Crippen LogP contribution in [0.3, 0.4) is 0 Å². The third kappa shape index (κ3) is 3.96. The Balaban J connectivity index is 1.99. The minimum atomic E-state index is -0.639. The molecule has 1 saturated carbocycles. The van der Waals surface area contributed by atoms with E-state index in [-0.39, 0.29) is 5.56 Å². The summed E-state index contributed by atoms with van der Waals surface area (Å²) >= 11 is 0. The Bertz CT molecular complexity index is 494. The molecular formula is C17H24FNO2. The molecule has 1 fully saturated rings. The van der Waals surface area contributed by atoms with Crippen LogP contribution in [0.2, 0.25) is 0 Å². The largest absolute Gasteiger partial charge is 0.465 e. The molecule has 21 heavy (non-hydrogen) atoms. The fourth-order valence-corrected chi connectivity index (χ4v) is 3.05. The molecule has 0 saturated heterocycles. The molecule has 2 rings (SSSR count). The second-order valence-electron chi connectivity index (χ2n) is 6.19. The van der Waals surface area contributed by atoms with Gasteiger partial charge in [-0.3, -0.25) is 0 Å². The van der Waals surface area contributed by atoms with Gasteiger partial charge in [-0.2, -0.15) is 0 Å². The number of benzene rings is 1. The van der Waals surface area contributed by atoms with Crippen molar-refractivity contribution in [2.24, 2.45) is 11.8 Å². The molecule has 0 aliphatic heterocycles. The molecule has 1 aliphatic carbocycles. The molecule has 1 aliphatic rings.